The summed E-state index contributed by atoms with van der Waals surface area (Å²) < 4.78 is 12.9. The van der Waals surface area contributed by atoms with Crippen molar-refractivity contribution in [3.05, 3.63) is 34.6 Å². The fraction of sp³-hybridized carbons (Fsp3) is 0.462. The number of carbonyl (C=O) groups is 1. The SMILES string of the molecule is O=C(NC[C@@]1(O)CCCNC1)c1ccc(F)cc1Cl. The van der Waals surface area contributed by atoms with Crippen LogP contribution in [0.1, 0.15) is 23.2 Å². The van der Waals surface area contributed by atoms with E-state index in [2.05, 4.69) is 10.6 Å². The van der Waals surface area contributed by atoms with E-state index in [1.54, 1.807) is 0 Å². The maximum absolute atomic E-state index is 12.9. The number of hydrogen-bond donors (Lipinski definition) is 3. The Morgan fingerprint density at radius 3 is 3.00 bits per heavy atom. The van der Waals surface area contributed by atoms with Gasteiger partial charge < -0.3 is 15.7 Å². The number of piperidine rings is 1. The Hall–Kier alpha value is -1.17. The van der Waals surface area contributed by atoms with Gasteiger partial charge in [0, 0.05) is 13.1 Å². The predicted molar refractivity (Wildman–Crippen MR) is 70.8 cm³/mol. The van der Waals surface area contributed by atoms with E-state index >= 15 is 0 Å². The zero-order valence-corrected chi connectivity index (χ0v) is 11.1. The smallest absolute Gasteiger partial charge is 0.252 e. The number of β-amino-alcohol motifs (C(OH)–C–C–N with tert-alkyl or cyclic N) is 1. The van der Waals surface area contributed by atoms with Crippen molar-refractivity contribution in [1.82, 2.24) is 10.6 Å². The number of halogens is 2. The quantitative estimate of drug-likeness (QED) is 0.785. The summed E-state index contributed by atoms with van der Waals surface area (Å²) in [4.78, 5) is 11.9. The molecule has 1 amide bonds. The number of carbonyl (C=O) groups excluding carboxylic acids is 1. The first-order chi connectivity index (χ1) is 9.00. The zero-order chi connectivity index (χ0) is 13.9. The minimum atomic E-state index is -0.930. The molecule has 1 heterocycles. The van der Waals surface area contributed by atoms with Gasteiger partial charge in [-0.2, -0.15) is 0 Å². The van der Waals surface area contributed by atoms with Gasteiger partial charge in [0.2, 0.25) is 0 Å². The molecule has 1 atom stereocenters. The summed E-state index contributed by atoms with van der Waals surface area (Å²) in [6.07, 6.45) is 1.50. The Morgan fingerprint density at radius 2 is 2.37 bits per heavy atom. The second-order valence-corrected chi connectivity index (χ2v) is 5.22. The van der Waals surface area contributed by atoms with Gasteiger partial charge in [-0.3, -0.25) is 4.79 Å². The van der Waals surface area contributed by atoms with Crippen molar-refractivity contribution in [3.63, 3.8) is 0 Å². The maximum atomic E-state index is 12.9. The van der Waals surface area contributed by atoms with Crippen LogP contribution in [0.3, 0.4) is 0 Å². The molecule has 0 spiro atoms. The Bertz CT molecular complexity index is 476. The molecule has 1 fully saturated rings. The highest BCUT2D eigenvalue weighted by atomic mass is 35.5. The lowest BCUT2D eigenvalue weighted by molar-refractivity contribution is 0.0170. The summed E-state index contributed by atoms with van der Waals surface area (Å²) in [7, 11) is 0. The number of rotatable bonds is 3. The molecule has 0 radical (unpaired) electrons. The molecule has 1 saturated heterocycles. The standard InChI is InChI=1S/C13H16ClFN2O2/c14-11-6-9(15)2-3-10(11)12(18)17-8-13(19)4-1-5-16-7-13/h2-3,6,16,19H,1,4-5,7-8H2,(H,17,18)/t13-/m1/s1. The van der Waals surface area contributed by atoms with Crippen LogP contribution in [0.5, 0.6) is 0 Å². The lowest BCUT2D eigenvalue weighted by Crippen LogP contribution is -2.52. The molecule has 1 aliphatic rings. The monoisotopic (exact) mass is 286 g/mol. The van der Waals surface area contributed by atoms with E-state index in [-0.39, 0.29) is 17.1 Å². The number of aliphatic hydroxyl groups is 1. The number of hydrogen-bond acceptors (Lipinski definition) is 3. The van der Waals surface area contributed by atoms with E-state index in [4.69, 9.17) is 11.6 Å². The molecule has 6 heteroatoms. The van der Waals surface area contributed by atoms with Crippen molar-refractivity contribution in [2.24, 2.45) is 0 Å². The number of benzene rings is 1. The summed E-state index contributed by atoms with van der Waals surface area (Å²) in [6, 6.07) is 3.60. The molecular formula is C13H16ClFN2O2. The molecule has 1 aromatic rings. The Balaban J connectivity index is 1.97. The Kier molecular flexibility index (Phi) is 4.39. The molecule has 1 aliphatic heterocycles. The van der Waals surface area contributed by atoms with Crippen LogP contribution >= 0.6 is 11.6 Å². The summed E-state index contributed by atoms with van der Waals surface area (Å²) in [5, 5.41) is 16.0. The molecule has 0 aromatic heterocycles. The van der Waals surface area contributed by atoms with Gasteiger partial charge in [-0.1, -0.05) is 11.6 Å². The third-order valence-electron chi connectivity index (χ3n) is 3.20. The third kappa shape index (κ3) is 3.65. The van der Waals surface area contributed by atoms with Gasteiger partial charge in [0.05, 0.1) is 16.2 Å². The summed E-state index contributed by atoms with van der Waals surface area (Å²) in [5.41, 5.74) is -0.726. The van der Waals surface area contributed by atoms with Gasteiger partial charge in [-0.15, -0.1) is 0 Å². The van der Waals surface area contributed by atoms with Crippen LogP contribution in [0, 0.1) is 5.82 Å². The average molecular weight is 287 g/mol. The lowest BCUT2D eigenvalue weighted by Gasteiger charge is -2.32. The van der Waals surface area contributed by atoms with E-state index in [9.17, 15) is 14.3 Å². The normalized spacial score (nSPS) is 23.1. The van der Waals surface area contributed by atoms with Crippen LogP contribution in [-0.2, 0) is 0 Å². The topological polar surface area (TPSA) is 61.4 Å². The van der Waals surface area contributed by atoms with Gasteiger partial charge >= 0.3 is 0 Å². The van der Waals surface area contributed by atoms with Crippen LogP contribution in [-0.4, -0.2) is 36.2 Å². The molecule has 2 rings (SSSR count). The first kappa shape index (κ1) is 14.2. The molecular weight excluding hydrogens is 271 g/mol. The van der Waals surface area contributed by atoms with Crippen molar-refractivity contribution in [3.8, 4) is 0 Å². The van der Waals surface area contributed by atoms with Gasteiger partial charge in [0.25, 0.3) is 5.91 Å². The van der Waals surface area contributed by atoms with E-state index < -0.39 is 17.3 Å². The molecule has 4 nitrogen and oxygen atoms in total. The summed E-state index contributed by atoms with van der Waals surface area (Å²) in [6.45, 7) is 1.47. The highest BCUT2D eigenvalue weighted by molar-refractivity contribution is 6.33. The third-order valence-corrected chi connectivity index (χ3v) is 3.52. The molecule has 3 N–H and O–H groups in total. The Morgan fingerprint density at radius 1 is 1.58 bits per heavy atom. The second kappa shape index (κ2) is 5.86. The van der Waals surface area contributed by atoms with E-state index in [0.717, 1.165) is 19.0 Å². The Labute approximate surface area is 116 Å². The summed E-state index contributed by atoms with van der Waals surface area (Å²) >= 11 is 5.80. The fourth-order valence-electron chi connectivity index (χ4n) is 2.12. The minimum Gasteiger partial charge on any atom is -0.387 e. The van der Waals surface area contributed by atoms with Crippen molar-refractivity contribution >= 4 is 17.5 Å². The van der Waals surface area contributed by atoms with Crippen LogP contribution in [0.15, 0.2) is 18.2 Å². The van der Waals surface area contributed by atoms with Crippen molar-refractivity contribution in [2.45, 2.75) is 18.4 Å². The van der Waals surface area contributed by atoms with E-state index in [1.807, 2.05) is 0 Å². The molecule has 1 aromatic carbocycles. The first-order valence-electron chi connectivity index (χ1n) is 6.17. The lowest BCUT2D eigenvalue weighted by atomic mass is 9.94. The van der Waals surface area contributed by atoms with Crippen LogP contribution in [0.25, 0.3) is 0 Å². The predicted octanol–water partition coefficient (Wildman–Crippen LogP) is 1.32. The molecule has 104 valence electrons. The van der Waals surface area contributed by atoms with Crippen molar-refractivity contribution in [2.75, 3.05) is 19.6 Å². The number of amides is 1. The molecule has 0 unspecified atom stereocenters. The minimum absolute atomic E-state index is 0.0614. The molecule has 0 saturated carbocycles. The van der Waals surface area contributed by atoms with Gasteiger partial charge in [0.15, 0.2) is 0 Å². The van der Waals surface area contributed by atoms with Crippen molar-refractivity contribution < 1.29 is 14.3 Å². The van der Waals surface area contributed by atoms with Gasteiger partial charge in [-0.05, 0) is 37.6 Å². The summed E-state index contributed by atoms with van der Waals surface area (Å²) in [5.74, 6) is -0.902. The van der Waals surface area contributed by atoms with Crippen LogP contribution in [0.4, 0.5) is 4.39 Å². The largest absolute Gasteiger partial charge is 0.387 e. The average Bonchev–Trinajstić information content (AvgIpc) is 2.37. The highest BCUT2D eigenvalue weighted by Crippen LogP contribution is 2.18. The maximum Gasteiger partial charge on any atom is 0.252 e. The van der Waals surface area contributed by atoms with Crippen molar-refractivity contribution in [1.29, 1.82) is 0 Å². The second-order valence-electron chi connectivity index (χ2n) is 4.81. The first-order valence-corrected chi connectivity index (χ1v) is 6.54. The van der Waals surface area contributed by atoms with E-state index in [0.29, 0.717) is 13.0 Å². The van der Waals surface area contributed by atoms with Gasteiger partial charge in [0.1, 0.15) is 5.82 Å². The highest BCUT2D eigenvalue weighted by Gasteiger charge is 2.29. The zero-order valence-electron chi connectivity index (χ0n) is 10.4. The van der Waals surface area contributed by atoms with E-state index in [1.165, 1.54) is 12.1 Å². The fourth-order valence-corrected chi connectivity index (χ4v) is 2.37. The van der Waals surface area contributed by atoms with Gasteiger partial charge in [-0.25, -0.2) is 4.39 Å². The molecule has 0 aliphatic carbocycles. The number of nitrogens with one attached hydrogen (secondary N) is 2. The van der Waals surface area contributed by atoms with Crippen LogP contribution in [0.2, 0.25) is 5.02 Å². The molecule has 19 heavy (non-hydrogen) atoms. The van der Waals surface area contributed by atoms with Crippen LogP contribution < -0.4 is 10.6 Å². The molecule has 0 bridgehead atoms.